The minimum atomic E-state index is -4.36. The Hall–Kier alpha value is -1.86. The summed E-state index contributed by atoms with van der Waals surface area (Å²) in [5, 5.41) is 3.63. The first-order valence-electron chi connectivity index (χ1n) is 7.53. The van der Waals surface area contributed by atoms with E-state index in [1.807, 2.05) is 5.38 Å². The van der Waals surface area contributed by atoms with E-state index in [0.717, 1.165) is 12.1 Å². The van der Waals surface area contributed by atoms with Gasteiger partial charge in [0.2, 0.25) is 0 Å². The quantitative estimate of drug-likeness (QED) is 0.837. The van der Waals surface area contributed by atoms with Gasteiger partial charge in [0.1, 0.15) is 0 Å². The van der Waals surface area contributed by atoms with E-state index in [2.05, 4.69) is 0 Å². The van der Waals surface area contributed by atoms with Crippen LogP contribution in [0.5, 0.6) is 0 Å². The van der Waals surface area contributed by atoms with Crippen molar-refractivity contribution in [3.05, 3.63) is 57.8 Å². The lowest BCUT2D eigenvalue weighted by Gasteiger charge is -2.33. The topological polar surface area (TPSA) is 29.5 Å². The van der Waals surface area contributed by atoms with Gasteiger partial charge in [0.15, 0.2) is 0 Å². The van der Waals surface area contributed by atoms with Crippen LogP contribution in [0.4, 0.5) is 13.2 Å². The average molecular weight is 355 g/mol. The number of alkyl halides is 3. The number of hydrogen-bond acceptors (Lipinski definition) is 3. The van der Waals surface area contributed by atoms with Gasteiger partial charge in [0.05, 0.1) is 23.8 Å². The SMILES string of the molecule is O=C(c1ccsc1)N1CCOC(Cc2cccc(C(F)(F)F)c2)C1. The molecule has 0 spiro atoms. The van der Waals surface area contributed by atoms with Gasteiger partial charge in [0, 0.05) is 24.9 Å². The number of nitrogens with zero attached hydrogens (tertiary/aromatic N) is 1. The number of rotatable bonds is 3. The van der Waals surface area contributed by atoms with Crippen molar-refractivity contribution in [1.29, 1.82) is 0 Å². The summed E-state index contributed by atoms with van der Waals surface area (Å²) < 4.78 is 44.0. The van der Waals surface area contributed by atoms with Gasteiger partial charge >= 0.3 is 6.18 Å². The zero-order valence-corrected chi connectivity index (χ0v) is 13.6. The molecule has 0 bridgehead atoms. The number of ether oxygens (including phenoxy) is 1. The van der Waals surface area contributed by atoms with Crippen LogP contribution in [0, 0.1) is 0 Å². The summed E-state index contributed by atoms with van der Waals surface area (Å²) in [7, 11) is 0. The van der Waals surface area contributed by atoms with Gasteiger partial charge in [-0.05, 0) is 23.1 Å². The predicted molar refractivity (Wildman–Crippen MR) is 85.1 cm³/mol. The molecule has 1 atom stereocenters. The van der Waals surface area contributed by atoms with Crippen LogP contribution in [-0.2, 0) is 17.3 Å². The van der Waals surface area contributed by atoms with Gasteiger partial charge in [-0.2, -0.15) is 24.5 Å². The maximum Gasteiger partial charge on any atom is 0.416 e. The van der Waals surface area contributed by atoms with Gasteiger partial charge in [-0.3, -0.25) is 4.79 Å². The number of amides is 1. The molecular weight excluding hydrogens is 339 g/mol. The summed E-state index contributed by atoms with van der Waals surface area (Å²) in [6.45, 7) is 1.26. The van der Waals surface area contributed by atoms with E-state index in [9.17, 15) is 18.0 Å². The number of carbonyl (C=O) groups excluding carboxylic acids is 1. The smallest absolute Gasteiger partial charge is 0.374 e. The fourth-order valence-electron chi connectivity index (χ4n) is 2.73. The van der Waals surface area contributed by atoms with Crippen molar-refractivity contribution in [3.8, 4) is 0 Å². The van der Waals surface area contributed by atoms with E-state index in [1.54, 1.807) is 22.4 Å². The Balaban J connectivity index is 1.67. The number of hydrogen-bond donors (Lipinski definition) is 0. The summed E-state index contributed by atoms with van der Waals surface area (Å²) in [6, 6.07) is 7.01. The monoisotopic (exact) mass is 355 g/mol. The molecule has 1 fully saturated rings. The average Bonchev–Trinajstić information content (AvgIpc) is 3.08. The lowest BCUT2D eigenvalue weighted by molar-refractivity contribution is -0.137. The van der Waals surface area contributed by atoms with Crippen molar-refractivity contribution < 1.29 is 22.7 Å². The maximum absolute atomic E-state index is 12.8. The van der Waals surface area contributed by atoms with Crippen molar-refractivity contribution in [2.45, 2.75) is 18.7 Å². The molecule has 7 heteroatoms. The van der Waals surface area contributed by atoms with E-state index in [0.29, 0.717) is 37.2 Å². The van der Waals surface area contributed by atoms with Gasteiger partial charge in [-0.15, -0.1) is 0 Å². The Morgan fingerprint density at radius 3 is 2.88 bits per heavy atom. The molecule has 2 heterocycles. The van der Waals surface area contributed by atoms with Crippen LogP contribution >= 0.6 is 11.3 Å². The lowest BCUT2D eigenvalue weighted by atomic mass is 10.0. The maximum atomic E-state index is 12.8. The largest absolute Gasteiger partial charge is 0.416 e. The van der Waals surface area contributed by atoms with Gasteiger partial charge in [-0.25, -0.2) is 0 Å². The summed E-state index contributed by atoms with van der Waals surface area (Å²) in [4.78, 5) is 14.1. The Kier molecular flexibility index (Phi) is 4.91. The zero-order valence-electron chi connectivity index (χ0n) is 12.8. The molecule has 3 nitrogen and oxygen atoms in total. The molecule has 128 valence electrons. The second-order valence-electron chi connectivity index (χ2n) is 5.66. The summed E-state index contributed by atoms with van der Waals surface area (Å²) in [6.07, 6.45) is -4.31. The minimum absolute atomic E-state index is 0.0615. The molecule has 0 aliphatic carbocycles. The number of benzene rings is 1. The van der Waals surface area contributed by atoms with E-state index >= 15 is 0 Å². The summed E-state index contributed by atoms with van der Waals surface area (Å²) in [5.41, 5.74) is 0.529. The fraction of sp³-hybridized carbons (Fsp3) is 0.353. The molecule has 0 N–H and O–H groups in total. The molecular formula is C17H16F3NO2S. The van der Waals surface area contributed by atoms with Crippen LogP contribution in [0.3, 0.4) is 0 Å². The Bertz CT molecular complexity index is 700. The van der Waals surface area contributed by atoms with Crippen molar-refractivity contribution in [3.63, 3.8) is 0 Å². The zero-order chi connectivity index (χ0) is 17.2. The lowest BCUT2D eigenvalue weighted by Crippen LogP contribution is -2.46. The van der Waals surface area contributed by atoms with Crippen molar-refractivity contribution >= 4 is 17.2 Å². The molecule has 1 unspecified atom stereocenters. The molecule has 0 saturated carbocycles. The number of halogens is 3. The van der Waals surface area contributed by atoms with Crippen LogP contribution in [0.1, 0.15) is 21.5 Å². The first-order chi connectivity index (χ1) is 11.4. The highest BCUT2D eigenvalue weighted by atomic mass is 32.1. The van der Waals surface area contributed by atoms with Crippen LogP contribution in [0.2, 0.25) is 0 Å². The molecule has 1 aromatic carbocycles. The molecule has 1 aromatic heterocycles. The first-order valence-corrected chi connectivity index (χ1v) is 8.47. The van der Waals surface area contributed by atoms with E-state index in [1.165, 1.54) is 17.4 Å². The van der Waals surface area contributed by atoms with Gasteiger partial charge in [-0.1, -0.05) is 18.2 Å². The molecule has 0 radical (unpaired) electrons. The standard InChI is InChI=1S/C17H16F3NO2S/c18-17(19,20)14-3-1-2-12(8-14)9-15-10-21(5-6-23-15)16(22)13-4-7-24-11-13/h1-4,7-8,11,15H,5-6,9-10H2. The van der Waals surface area contributed by atoms with Gasteiger partial charge in [0.25, 0.3) is 5.91 Å². The third-order valence-corrected chi connectivity index (χ3v) is 4.60. The predicted octanol–water partition coefficient (Wildman–Crippen LogP) is 3.85. The Morgan fingerprint density at radius 2 is 2.17 bits per heavy atom. The molecule has 1 saturated heterocycles. The molecule has 24 heavy (non-hydrogen) atoms. The highest BCUT2D eigenvalue weighted by molar-refractivity contribution is 7.08. The Morgan fingerprint density at radius 1 is 1.33 bits per heavy atom. The van der Waals surface area contributed by atoms with Crippen LogP contribution < -0.4 is 0 Å². The highest BCUT2D eigenvalue weighted by Gasteiger charge is 2.31. The molecule has 3 rings (SSSR count). The third-order valence-electron chi connectivity index (χ3n) is 3.91. The van der Waals surface area contributed by atoms with Crippen molar-refractivity contribution in [2.24, 2.45) is 0 Å². The number of morpholine rings is 1. The second-order valence-corrected chi connectivity index (χ2v) is 6.44. The number of thiophene rings is 1. The molecule has 1 aliphatic rings. The molecule has 1 aliphatic heterocycles. The first kappa shape index (κ1) is 17.0. The third kappa shape index (κ3) is 3.96. The fourth-order valence-corrected chi connectivity index (χ4v) is 3.36. The molecule has 2 aromatic rings. The van der Waals surface area contributed by atoms with E-state index < -0.39 is 11.7 Å². The van der Waals surface area contributed by atoms with Crippen LogP contribution in [-0.4, -0.2) is 36.6 Å². The summed E-state index contributed by atoms with van der Waals surface area (Å²) >= 11 is 1.45. The molecule has 1 amide bonds. The number of carbonyl (C=O) groups is 1. The van der Waals surface area contributed by atoms with Crippen LogP contribution in [0.25, 0.3) is 0 Å². The van der Waals surface area contributed by atoms with Crippen molar-refractivity contribution in [2.75, 3.05) is 19.7 Å². The normalized spacial score (nSPS) is 18.6. The minimum Gasteiger partial charge on any atom is -0.374 e. The second kappa shape index (κ2) is 6.94. The van der Waals surface area contributed by atoms with E-state index in [-0.39, 0.29) is 12.0 Å². The van der Waals surface area contributed by atoms with E-state index in [4.69, 9.17) is 4.74 Å². The van der Waals surface area contributed by atoms with Crippen molar-refractivity contribution in [1.82, 2.24) is 4.90 Å². The Labute approximate surface area is 141 Å². The van der Waals surface area contributed by atoms with Gasteiger partial charge < -0.3 is 9.64 Å². The summed E-state index contributed by atoms with van der Waals surface area (Å²) in [5.74, 6) is -0.0615. The highest BCUT2D eigenvalue weighted by Crippen LogP contribution is 2.30. The van der Waals surface area contributed by atoms with Crippen LogP contribution in [0.15, 0.2) is 41.1 Å².